The van der Waals surface area contributed by atoms with E-state index in [1.165, 1.54) is 45.4 Å². The van der Waals surface area contributed by atoms with Crippen LogP contribution in [0.1, 0.15) is 47.0 Å². The largest absolute Gasteiger partial charge is 0.325 e. The Labute approximate surface area is 113 Å². The number of nitrogens with zero attached hydrogens (tertiary/aromatic N) is 2. The minimum absolute atomic E-state index is 0.112. The molecule has 1 atom stereocenters. The Kier molecular flexibility index (Phi) is 4.05. The van der Waals surface area contributed by atoms with Crippen molar-refractivity contribution in [2.45, 2.75) is 58.5 Å². The highest BCUT2D eigenvalue weighted by atomic mass is 15.3. The average Bonchev–Trinajstić information content (AvgIpc) is 2.83. The van der Waals surface area contributed by atoms with Crippen LogP contribution in [0.4, 0.5) is 0 Å². The molecule has 2 N–H and O–H groups in total. The third-order valence-corrected chi connectivity index (χ3v) is 5.27. The van der Waals surface area contributed by atoms with Crippen molar-refractivity contribution in [1.82, 2.24) is 9.80 Å². The molecule has 2 fully saturated rings. The lowest BCUT2D eigenvalue weighted by atomic mass is 9.75. The topological polar surface area (TPSA) is 32.5 Å². The molecule has 0 aromatic heterocycles. The van der Waals surface area contributed by atoms with Gasteiger partial charge in [0, 0.05) is 24.7 Å². The molecule has 2 heterocycles. The Morgan fingerprint density at radius 3 is 2.22 bits per heavy atom. The number of likely N-dealkylation sites (tertiary alicyclic amines) is 2. The summed E-state index contributed by atoms with van der Waals surface area (Å²) in [7, 11) is 0. The first-order valence-electron chi connectivity index (χ1n) is 7.55. The quantitative estimate of drug-likeness (QED) is 0.831. The Morgan fingerprint density at radius 2 is 1.67 bits per heavy atom. The van der Waals surface area contributed by atoms with E-state index in [1.54, 1.807) is 0 Å². The molecule has 2 aliphatic heterocycles. The van der Waals surface area contributed by atoms with Gasteiger partial charge in [-0.2, -0.15) is 0 Å². The zero-order valence-electron chi connectivity index (χ0n) is 12.7. The van der Waals surface area contributed by atoms with Crippen molar-refractivity contribution in [3.63, 3.8) is 0 Å². The maximum atomic E-state index is 6.31. The molecule has 0 aliphatic carbocycles. The molecule has 0 spiro atoms. The van der Waals surface area contributed by atoms with Crippen molar-refractivity contribution in [2.75, 3.05) is 32.7 Å². The molecule has 2 saturated heterocycles. The maximum absolute atomic E-state index is 6.31. The number of hydrogen-bond acceptors (Lipinski definition) is 3. The summed E-state index contributed by atoms with van der Waals surface area (Å²) in [4.78, 5) is 5.32. The zero-order valence-corrected chi connectivity index (χ0v) is 12.7. The molecule has 3 heteroatoms. The van der Waals surface area contributed by atoms with Crippen LogP contribution in [0.15, 0.2) is 0 Å². The number of hydrogen-bond donors (Lipinski definition) is 1. The monoisotopic (exact) mass is 253 g/mol. The highest BCUT2D eigenvalue weighted by molar-refractivity contribution is 4.95. The fraction of sp³-hybridized carbons (Fsp3) is 1.00. The highest BCUT2D eigenvalue weighted by Gasteiger charge is 2.37. The van der Waals surface area contributed by atoms with Crippen molar-refractivity contribution in [3.05, 3.63) is 0 Å². The number of nitrogens with two attached hydrogens (primary N) is 1. The summed E-state index contributed by atoms with van der Waals surface area (Å²) >= 11 is 0. The molecule has 1 unspecified atom stereocenters. The van der Waals surface area contributed by atoms with Crippen molar-refractivity contribution in [2.24, 2.45) is 11.1 Å². The summed E-state index contributed by atoms with van der Waals surface area (Å²) in [6, 6.07) is 0.809. The maximum Gasteiger partial charge on any atom is 0.0235 e. The van der Waals surface area contributed by atoms with Crippen molar-refractivity contribution in [3.8, 4) is 0 Å². The van der Waals surface area contributed by atoms with Gasteiger partial charge in [0.15, 0.2) is 0 Å². The predicted molar refractivity (Wildman–Crippen MR) is 77.7 cm³/mol. The minimum Gasteiger partial charge on any atom is -0.325 e. The molecule has 106 valence electrons. The number of rotatable bonds is 4. The van der Waals surface area contributed by atoms with Gasteiger partial charge >= 0.3 is 0 Å². The molecule has 0 aromatic carbocycles. The third kappa shape index (κ3) is 3.06. The smallest absolute Gasteiger partial charge is 0.0235 e. The molecule has 0 bridgehead atoms. The molecule has 0 saturated carbocycles. The molecule has 2 aliphatic rings. The van der Waals surface area contributed by atoms with Gasteiger partial charge in [0.05, 0.1) is 0 Å². The van der Waals surface area contributed by atoms with E-state index in [-0.39, 0.29) is 11.0 Å². The van der Waals surface area contributed by atoms with E-state index >= 15 is 0 Å². The summed E-state index contributed by atoms with van der Waals surface area (Å²) in [6.45, 7) is 15.2. The van der Waals surface area contributed by atoms with E-state index in [0.29, 0.717) is 0 Å². The lowest BCUT2D eigenvalue weighted by molar-refractivity contribution is 0.122. The fourth-order valence-corrected chi connectivity index (χ4v) is 3.12. The Morgan fingerprint density at radius 1 is 1.06 bits per heavy atom. The van der Waals surface area contributed by atoms with Gasteiger partial charge in [-0.15, -0.1) is 0 Å². The third-order valence-electron chi connectivity index (χ3n) is 5.27. The van der Waals surface area contributed by atoms with Crippen molar-refractivity contribution < 1.29 is 0 Å². The molecular weight excluding hydrogens is 222 g/mol. The minimum atomic E-state index is -0.112. The SMILES string of the molecule is CC(C)(N)C(C)(C)CN1CCC(N2CCCC2)C1. The first-order valence-corrected chi connectivity index (χ1v) is 7.55. The van der Waals surface area contributed by atoms with E-state index in [0.717, 1.165) is 12.6 Å². The van der Waals surface area contributed by atoms with Crippen molar-refractivity contribution >= 4 is 0 Å². The van der Waals surface area contributed by atoms with Crippen molar-refractivity contribution in [1.29, 1.82) is 0 Å². The van der Waals surface area contributed by atoms with Gasteiger partial charge in [0.2, 0.25) is 0 Å². The molecule has 18 heavy (non-hydrogen) atoms. The van der Waals surface area contributed by atoms with Gasteiger partial charge in [-0.3, -0.25) is 4.90 Å². The Balaban J connectivity index is 1.85. The van der Waals surface area contributed by atoms with Gasteiger partial charge in [-0.05, 0) is 58.2 Å². The van der Waals surface area contributed by atoms with Crippen LogP contribution in [0.25, 0.3) is 0 Å². The van der Waals surface area contributed by atoms with Crippen LogP contribution >= 0.6 is 0 Å². The average molecular weight is 253 g/mol. The first kappa shape index (κ1) is 14.3. The first-order chi connectivity index (χ1) is 8.29. The van der Waals surface area contributed by atoms with Crippen LogP contribution in [0.5, 0.6) is 0 Å². The summed E-state index contributed by atoms with van der Waals surface area (Å²) in [5.41, 5.74) is 6.37. The molecule has 0 radical (unpaired) electrons. The van der Waals surface area contributed by atoms with Gasteiger partial charge in [0.1, 0.15) is 0 Å². The normalized spacial score (nSPS) is 28.2. The zero-order chi connectivity index (χ0) is 13.4. The summed E-state index contributed by atoms with van der Waals surface area (Å²) in [6.07, 6.45) is 4.15. The Hall–Kier alpha value is -0.120. The highest BCUT2D eigenvalue weighted by Crippen LogP contribution is 2.31. The molecule has 0 aromatic rings. The van der Waals surface area contributed by atoms with Crippen LogP contribution in [0, 0.1) is 5.41 Å². The van der Waals surface area contributed by atoms with Crippen LogP contribution in [-0.2, 0) is 0 Å². The van der Waals surface area contributed by atoms with Gasteiger partial charge in [0.25, 0.3) is 0 Å². The van der Waals surface area contributed by atoms with Crippen LogP contribution in [0.2, 0.25) is 0 Å². The van der Waals surface area contributed by atoms with E-state index < -0.39 is 0 Å². The summed E-state index contributed by atoms with van der Waals surface area (Å²) in [5.74, 6) is 0. The van der Waals surface area contributed by atoms with E-state index in [2.05, 4.69) is 37.5 Å². The predicted octanol–water partition coefficient (Wildman–Crippen LogP) is 1.92. The van der Waals surface area contributed by atoms with E-state index in [4.69, 9.17) is 5.73 Å². The van der Waals surface area contributed by atoms with Gasteiger partial charge < -0.3 is 10.6 Å². The van der Waals surface area contributed by atoms with Crippen LogP contribution in [0.3, 0.4) is 0 Å². The van der Waals surface area contributed by atoms with E-state index in [9.17, 15) is 0 Å². The second kappa shape index (κ2) is 5.10. The van der Waals surface area contributed by atoms with Gasteiger partial charge in [-0.25, -0.2) is 0 Å². The van der Waals surface area contributed by atoms with Crippen LogP contribution < -0.4 is 5.73 Å². The van der Waals surface area contributed by atoms with Crippen LogP contribution in [-0.4, -0.2) is 54.1 Å². The lowest BCUT2D eigenvalue weighted by Gasteiger charge is -2.41. The van der Waals surface area contributed by atoms with E-state index in [1.807, 2.05) is 0 Å². The molecule has 3 nitrogen and oxygen atoms in total. The fourth-order valence-electron chi connectivity index (χ4n) is 3.12. The summed E-state index contributed by atoms with van der Waals surface area (Å²) in [5, 5.41) is 0. The second-order valence-corrected chi connectivity index (χ2v) is 7.53. The molecular formula is C15H31N3. The summed E-state index contributed by atoms with van der Waals surface area (Å²) < 4.78 is 0. The molecule has 2 rings (SSSR count). The standard InChI is InChI=1S/C15H31N3/c1-14(2,15(3,4)16)12-17-10-7-13(11-17)18-8-5-6-9-18/h13H,5-12,16H2,1-4H3. The second-order valence-electron chi connectivity index (χ2n) is 7.53. The Bertz CT molecular complexity index is 274. The molecule has 0 amide bonds. The lowest BCUT2D eigenvalue weighted by Crippen LogP contribution is -2.53. The van der Waals surface area contributed by atoms with Gasteiger partial charge in [-0.1, -0.05) is 13.8 Å².